The SMILES string of the molecule is O=C(CN1CCc2c([nH]c3ccccc23)C1)N1CCC(N2CCCC2)C1. The van der Waals surface area contributed by atoms with Gasteiger partial charge in [-0.3, -0.25) is 14.6 Å². The van der Waals surface area contributed by atoms with E-state index in [1.165, 1.54) is 48.1 Å². The molecule has 1 aromatic heterocycles. The lowest BCUT2D eigenvalue weighted by molar-refractivity contribution is -0.131. The monoisotopic (exact) mass is 352 g/mol. The van der Waals surface area contributed by atoms with E-state index in [0.29, 0.717) is 18.5 Å². The van der Waals surface area contributed by atoms with E-state index in [4.69, 9.17) is 0 Å². The number of likely N-dealkylation sites (tertiary alicyclic amines) is 2. The average molecular weight is 352 g/mol. The summed E-state index contributed by atoms with van der Waals surface area (Å²) >= 11 is 0. The van der Waals surface area contributed by atoms with E-state index in [-0.39, 0.29) is 0 Å². The van der Waals surface area contributed by atoms with E-state index >= 15 is 0 Å². The molecule has 0 radical (unpaired) electrons. The van der Waals surface area contributed by atoms with Gasteiger partial charge in [0.25, 0.3) is 0 Å². The summed E-state index contributed by atoms with van der Waals surface area (Å²) in [6.45, 7) is 6.71. The molecule has 0 aliphatic carbocycles. The molecule has 2 aromatic rings. The molecular formula is C21H28N4O. The van der Waals surface area contributed by atoms with Crippen molar-refractivity contribution in [2.75, 3.05) is 39.3 Å². The number of nitrogens with zero attached hydrogens (tertiary/aromatic N) is 3. The van der Waals surface area contributed by atoms with Crippen molar-refractivity contribution in [3.8, 4) is 0 Å². The predicted molar refractivity (Wildman–Crippen MR) is 103 cm³/mol. The molecule has 26 heavy (non-hydrogen) atoms. The molecule has 138 valence electrons. The lowest BCUT2D eigenvalue weighted by Gasteiger charge is -2.29. The summed E-state index contributed by atoms with van der Waals surface area (Å²) in [7, 11) is 0. The average Bonchev–Trinajstić information content (AvgIpc) is 3.39. The van der Waals surface area contributed by atoms with Crippen molar-refractivity contribution in [3.05, 3.63) is 35.5 Å². The van der Waals surface area contributed by atoms with Crippen LogP contribution in [0.2, 0.25) is 0 Å². The molecule has 0 bridgehead atoms. The third-order valence-electron chi connectivity index (χ3n) is 6.49. The van der Waals surface area contributed by atoms with Crippen LogP contribution in [0.4, 0.5) is 0 Å². The predicted octanol–water partition coefficient (Wildman–Crippen LogP) is 2.22. The van der Waals surface area contributed by atoms with Gasteiger partial charge in [0.2, 0.25) is 5.91 Å². The van der Waals surface area contributed by atoms with Gasteiger partial charge in [-0.15, -0.1) is 0 Å². The molecule has 5 nitrogen and oxygen atoms in total. The van der Waals surface area contributed by atoms with Crippen LogP contribution in [0.3, 0.4) is 0 Å². The zero-order chi connectivity index (χ0) is 17.5. The van der Waals surface area contributed by atoms with Gasteiger partial charge in [-0.25, -0.2) is 0 Å². The number of carbonyl (C=O) groups excluding carboxylic acids is 1. The number of carbonyl (C=O) groups is 1. The molecule has 4 heterocycles. The van der Waals surface area contributed by atoms with Crippen molar-refractivity contribution in [1.29, 1.82) is 0 Å². The van der Waals surface area contributed by atoms with Crippen LogP contribution in [-0.4, -0.2) is 70.9 Å². The number of amides is 1. The lowest BCUT2D eigenvalue weighted by Crippen LogP contribution is -2.43. The van der Waals surface area contributed by atoms with Crippen LogP contribution in [0.15, 0.2) is 24.3 Å². The summed E-state index contributed by atoms with van der Waals surface area (Å²) in [6.07, 6.45) is 4.83. The van der Waals surface area contributed by atoms with Gasteiger partial charge < -0.3 is 9.88 Å². The maximum atomic E-state index is 12.8. The third kappa shape index (κ3) is 2.93. The van der Waals surface area contributed by atoms with Crippen LogP contribution in [0, 0.1) is 0 Å². The van der Waals surface area contributed by atoms with Gasteiger partial charge in [0.05, 0.1) is 6.54 Å². The standard InChI is InChI=1S/C21H28N4O/c26-21(25-12-7-16(13-25)24-9-3-4-10-24)15-23-11-8-18-17-5-1-2-6-19(17)22-20(18)14-23/h1-2,5-6,16,22H,3-4,7-15H2. The summed E-state index contributed by atoms with van der Waals surface area (Å²) in [6, 6.07) is 9.13. The number of fused-ring (bicyclic) bond motifs is 3. The Labute approximate surface area is 154 Å². The molecule has 1 N–H and O–H groups in total. The number of hydrogen-bond donors (Lipinski definition) is 1. The van der Waals surface area contributed by atoms with Gasteiger partial charge in [0.15, 0.2) is 0 Å². The van der Waals surface area contributed by atoms with Gasteiger partial charge in [-0.2, -0.15) is 0 Å². The van der Waals surface area contributed by atoms with Gasteiger partial charge in [0.1, 0.15) is 0 Å². The summed E-state index contributed by atoms with van der Waals surface area (Å²) in [4.78, 5) is 23.4. The van der Waals surface area contributed by atoms with Gasteiger partial charge in [-0.05, 0) is 50.4 Å². The highest BCUT2D eigenvalue weighted by Gasteiger charge is 2.32. The summed E-state index contributed by atoms with van der Waals surface area (Å²) < 4.78 is 0. The Morgan fingerprint density at radius 2 is 1.96 bits per heavy atom. The highest BCUT2D eigenvalue weighted by Crippen LogP contribution is 2.27. The van der Waals surface area contributed by atoms with E-state index in [1.807, 2.05) is 0 Å². The summed E-state index contributed by atoms with van der Waals surface area (Å²) in [5.41, 5.74) is 3.96. The Hall–Kier alpha value is -1.85. The molecule has 5 rings (SSSR count). The number of aromatic nitrogens is 1. The molecule has 1 atom stereocenters. The number of hydrogen-bond acceptors (Lipinski definition) is 3. The molecule has 0 spiro atoms. The largest absolute Gasteiger partial charge is 0.357 e. The highest BCUT2D eigenvalue weighted by atomic mass is 16.2. The van der Waals surface area contributed by atoms with Crippen molar-refractivity contribution in [2.24, 2.45) is 0 Å². The van der Waals surface area contributed by atoms with E-state index < -0.39 is 0 Å². The number of para-hydroxylation sites is 1. The number of rotatable bonds is 3. The Morgan fingerprint density at radius 1 is 1.12 bits per heavy atom. The van der Waals surface area contributed by atoms with Crippen LogP contribution < -0.4 is 0 Å². The molecule has 5 heteroatoms. The lowest BCUT2D eigenvalue weighted by atomic mass is 10.0. The van der Waals surface area contributed by atoms with Crippen molar-refractivity contribution in [1.82, 2.24) is 19.7 Å². The topological polar surface area (TPSA) is 42.6 Å². The molecule has 0 saturated carbocycles. The quantitative estimate of drug-likeness (QED) is 0.921. The third-order valence-corrected chi connectivity index (χ3v) is 6.49. The first-order valence-electron chi connectivity index (χ1n) is 10.1. The van der Waals surface area contributed by atoms with Crippen LogP contribution in [0.25, 0.3) is 10.9 Å². The molecule has 3 aliphatic rings. The van der Waals surface area contributed by atoms with E-state index in [1.54, 1.807) is 0 Å². The highest BCUT2D eigenvalue weighted by molar-refractivity contribution is 5.85. The van der Waals surface area contributed by atoms with E-state index in [9.17, 15) is 4.79 Å². The van der Waals surface area contributed by atoms with Gasteiger partial charge in [0, 0.05) is 48.8 Å². The van der Waals surface area contributed by atoms with Crippen LogP contribution >= 0.6 is 0 Å². The maximum absolute atomic E-state index is 12.8. The van der Waals surface area contributed by atoms with Crippen molar-refractivity contribution < 1.29 is 4.79 Å². The molecule has 1 aromatic carbocycles. The van der Waals surface area contributed by atoms with Gasteiger partial charge in [-0.1, -0.05) is 18.2 Å². The number of H-pyrrole nitrogens is 1. The fourth-order valence-corrected chi connectivity index (χ4v) is 5.05. The molecule has 1 unspecified atom stereocenters. The number of aromatic amines is 1. The molecule has 2 saturated heterocycles. The summed E-state index contributed by atoms with van der Waals surface area (Å²) in [5, 5.41) is 1.35. The van der Waals surface area contributed by atoms with E-state index in [0.717, 1.165) is 39.0 Å². The minimum absolute atomic E-state index is 0.311. The second-order valence-electron chi connectivity index (χ2n) is 8.11. The Bertz CT molecular complexity index is 807. The Morgan fingerprint density at radius 3 is 2.85 bits per heavy atom. The Balaban J connectivity index is 1.21. The van der Waals surface area contributed by atoms with Crippen LogP contribution in [-0.2, 0) is 17.8 Å². The molecule has 2 fully saturated rings. The number of benzene rings is 1. The van der Waals surface area contributed by atoms with E-state index in [2.05, 4.69) is 43.9 Å². The normalized spacial score (nSPS) is 24.5. The second kappa shape index (κ2) is 6.71. The zero-order valence-corrected chi connectivity index (χ0v) is 15.4. The molecular weight excluding hydrogens is 324 g/mol. The first kappa shape index (κ1) is 16.3. The molecule has 1 amide bonds. The Kier molecular flexibility index (Phi) is 4.21. The van der Waals surface area contributed by atoms with Crippen LogP contribution in [0.1, 0.15) is 30.5 Å². The summed E-state index contributed by atoms with van der Waals surface area (Å²) in [5.74, 6) is 0.311. The fourth-order valence-electron chi connectivity index (χ4n) is 5.05. The fraction of sp³-hybridized carbons (Fsp3) is 0.571. The second-order valence-corrected chi connectivity index (χ2v) is 8.11. The van der Waals surface area contributed by atoms with Crippen molar-refractivity contribution in [2.45, 2.75) is 38.3 Å². The number of nitrogens with one attached hydrogen (secondary N) is 1. The smallest absolute Gasteiger partial charge is 0.236 e. The zero-order valence-electron chi connectivity index (χ0n) is 15.4. The minimum atomic E-state index is 0.311. The van der Waals surface area contributed by atoms with Gasteiger partial charge >= 0.3 is 0 Å². The first-order valence-corrected chi connectivity index (χ1v) is 10.1. The van der Waals surface area contributed by atoms with Crippen LogP contribution in [0.5, 0.6) is 0 Å². The minimum Gasteiger partial charge on any atom is -0.357 e. The molecule has 3 aliphatic heterocycles. The van der Waals surface area contributed by atoms with Crippen molar-refractivity contribution in [3.63, 3.8) is 0 Å². The first-order chi connectivity index (χ1) is 12.8. The van der Waals surface area contributed by atoms with Crippen molar-refractivity contribution >= 4 is 16.8 Å². The maximum Gasteiger partial charge on any atom is 0.236 e.